The zero-order chi connectivity index (χ0) is 11.1. The molecule has 0 aliphatic carbocycles. The molecule has 0 amide bonds. The normalized spacial score (nSPS) is 9.94. The smallest absolute Gasteiger partial charge is 0.214 e. The van der Waals surface area contributed by atoms with Gasteiger partial charge in [0.2, 0.25) is 0 Å². The first-order chi connectivity index (χ1) is 7.17. The second-order valence-corrected chi connectivity index (χ2v) is 9.57. The Balaban J connectivity index is 0.000000318. The Labute approximate surface area is 115 Å². The van der Waals surface area contributed by atoms with Crippen molar-refractivity contribution in [1.82, 2.24) is 0 Å². The van der Waals surface area contributed by atoms with Gasteiger partial charge < -0.3 is 0 Å². The first kappa shape index (κ1) is 15.7. The van der Waals surface area contributed by atoms with E-state index in [4.69, 9.17) is 11.6 Å². The summed E-state index contributed by atoms with van der Waals surface area (Å²) in [5, 5.41) is 1.46. The zero-order valence-corrected chi connectivity index (χ0v) is 12.5. The van der Waals surface area contributed by atoms with E-state index in [1.165, 1.54) is 5.19 Å². The van der Waals surface area contributed by atoms with Gasteiger partial charge in [0.1, 0.15) is 0 Å². The fourth-order valence-corrected chi connectivity index (χ4v) is 2.94. The molecule has 0 aromatic heterocycles. The van der Waals surface area contributed by atoms with Crippen LogP contribution in [0.5, 0.6) is 0 Å². The number of hydrogen-bond donors (Lipinski definition) is 0. The van der Waals surface area contributed by atoms with Gasteiger partial charge >= 0.3 is 17.1 Å². The molecule has 0 bridgehead atoms. The predicted molar refractivity (Wildman–Crippen MR) is 71.9 cm³/mol. The van der Waals surface area contributed by atoms with E-state index in [0.717, 1.165) is 5.50 Å². The molecule has 0 aliphatic rings. The largest absolute Gasteiger partial charge is 2.00 e. The van der Waals surface area contributed by atoms with E-state index in [-0.39, 0.29) is 17.1 Å². The number of alkyl halides is 1. The van der Waals surface area contributed by atoms with Gasteiger partial charge in [0.05, 0.1) is 0 Å². The molecule has 3 heteroatoms. The molecule has 0 fully saturated rings. The van der Waals surface area contributed by atoms with E-state index in [9.17, 15) is 0 Å². The van der Waals surface area contributed by atoms with Crippen molar-refractivity contribution >= 4 is 24.9 Å². The summed E-state index contributed by atoms with van der Waals surface area (Å²) in [6, 6.07) is 18.5. The van der Waals surface area contributed by atoms with E-state index < -0.39 is 8.07 Å². The molecule has 0 N–H and O–H groups in total. The SMILES string of the molecule is C[Si](C)(CCl)[c-]1cccc1.[Fe+2].c1cc[cH-]c1. The van der Waals surface area contributed by atoms with Crippen molar-refractivity contribution in [3.63, 3.8) is 0 Å². The van der Waals surface area contributed by atoms with E-state index >= 15 is 0 Å². The van der Waals surface area contributed by atoms with Gasteiger partial charge in [-0.25, -0.2) is 24.3 Å². The van der Waals surface area contributed by atoms with Gasteiger partial charge in [-0.1, -0.05) is 13.1 Å². The average Bonchev–Trinajstić information content (AvgIpc) is 2.93. The van der Waals surface area contributed by atoms with Crippen molar-refractivity contribution in [2.75, 3.05) is 5.50 Å². The van der Waals surface area contributed by atoms with Crippen LogP contribution in [0.2, 0.25) is 13.1 Å². The molecule has 0 saturated carbocycles. The molecular weight excluding hydrogens is 276 g/mol. The Morgan fingerprint density at radius 3 is 1.88 bits per heavy atom. The van der Waals surface area contributed by atoms with Crippen molar-refractivity contribution in [2.24, 2.45) is 0 Å². The van der Waals surface area contributed by atoms with E-state index in [2.05, 4.69) is 37.4 Å². The maximum Gasteiger partial charge on any atom is 2.00 e. The first-order valence-corrected chi connectivity index (χ1v) is 8.86. The maximum atomic E-state index is 5.85. The van der Waals surface area contributed by atoms with Crippen molar-refractivity contribution in [1.29, 1.82) is 0 Å². The third-order valence-electron chi connectivity index (χ3n) is 2.33. The van der Waals surface area contributed by atoms with Crippen molar-refractivity contribution in [3.05, 3.63) is 54.6 Å². The molecule has 0 spiro atoms. The van der Waals surface area contributed by atoms with Gasteiger partial charge in [0.15, 0.2) is 0 Å². The van der Waals surface area contributed by atoms with Crippen LogP contribution < -0.4 is 5.19 Å². The molecule has 2 aromatic rings. The van der Waals surface area contributed by atoms with Crippen molar-refractivity contribution in [2.45, 2.75) is 13.1 Å². The fourth-order valence-electron chi connectivity index (χ4n) is 1.22. The van der Waals surface area contributed by atoms with Crippen LogP contribution in [-0.2, 0) is 17.1 Å². The van der Waals surface area contributed by atoms with Crippen LogP contribution in [0.1, 0.15) is 0 Å². The van der Waals surface area contributed by atoms with Crippen LogP contribution in [0.3, 0.4) is 0 Å². The summed E-state index contributed by atoms with van der Waals surface area (Å²) in [5.74, 6) is 0. The minimum atomic E-state index is -1.24. The summed E-state index contributed by atoms with van der Waals surface area (Å²) in [7, 11) is -1.24. The summed E-state index contributed by atoms with van der Waals surface area (Å²) >= 11 is 5.85. The van der Waals surface area contributed by atoms with Crippen LogP contribution in [0.15, 0.2) is 54.6 Å². The Hall–Kier alpha value is -0.274. The van der Waals surface area contributed by atoms with E-state index in [1.54, 1.807) is 0 Å². The Kier molecular flexibility index (Phi) is 7.78. The van der Waals surface area contributed by atoms with Crippen LogP contribution in [-0.4, -0.2) is 13.6 Å². The monoisotopic (exact) mass is 292 g/mol. The number of rotatable bonds is 2. The molecule has 0 saturated heterocycles. The molecule has 16 heavy (non-hydrogen) atoms. The summed E-state index contributed by atoms with van der Waals surface area (Å²) in [6.45, 7) is 4.57. The van der Waals surface area contributed by atoms with Gasteiger partial charge in [-0.05, 0) is 0 Å². The molecule has 2 aromatic carbocycles. The quantitative estimate of drug-likeness (QED) is 0.451. The Morgan fingerprint density at radius 1 is 1.06 bits per heavy atom. The third-order valence-corrected chi connectivity index (χ3v) is 6.90. The fraction of sp³-hybridized carbons (Fsp3) is 0.231. The molecular formula is C13H17ClFeSi. The van der Waals surface area contributed by atoms with E-state index in [1.807, 2.05) is 30.3 Å². The van der Waals surface area contributed by atoms with Crippen LogP contribution >= 0.6 is 11.6 Å². The predicted octanol–water partition coefficient (Wildman–Crippen LogP) is 3.50. The molecule has 0 unspecified atom stereocenters. The molecule has 0 aliphatic heterocycles. The van der Waals surface area contributed by atoms with Crippen LogP contribution in [0.4, 0.5) is 0 Å². The maximum absolute atomic E-state index is 5.85. The van der Waals surface area contributed by atoms with Crippen LogP contribution in [0, 0.1) is 0 Å². The van der Waals surface area contributed by atoms with Crippen molar-refractivity contribution in [3.8, 4) is 0 Å². The molecule has 0 heterocycles. The molecule has 0 atom stereocenters. The minimum Gasteiger partial charge on any atom is -0.214 e. The van der Waals surface area contributed by atoms with Gasteiger partial charge in [-0.15, -0.1) is 11.6 Å². The molecule has 0 nitrogen and oxygen atoms in total. The second kappa shape index (κ2) is 7.91. The average molecular weight is 293 g/mol. The third kappa shape index (κ3) is 5.18. The van der Waals surface area contributed by atoms with Gasteiger partial charge in [-0.2, -0.15) is 35.5 Å². The molecule has 88 valence electrons. The van der Waals surface area contributed by atoms with Crippen molar-refractivity contribution < 1.29 is 17.1 Å². The van der Waals surface area contributed by atoms with Gasteiger partial charge in [-0.3, -0.25) is 0 Å². The van der Waals surface area contributed by atoms with Gasteiger partial charge in [0.25, 0.3) is 0 Å². The van der Waals surface area contributed by atoms with Gasteiger partial charge in [0, 0.05) is 13.6 Å². The topological polar surface area (TPSA) is 0 Å². The summed E-state index contributed by atoms with van der Waals surface area (Å²) in [6.07, 6.45) is 0. The first-order valence-electron chi connectivity index (χ1n) is 5.11. The number of halogens is 1. The summed E-state index contributed by atoms with van der Waals surface area (Å²) in [4.78, 5) is 0. The minimum absolute atomic E-state index is 0. The standard InChI is InChI=1S/C8H12ClSi.C5H5.Fe/c1-10(2,7-9)8-5-3-4-6-8;1-2-4-5-3-1;/h3-6H,7H2,1-2H3;1-5H;/q2*-1;+2. The zero-order valence-electron chi connectivity index (χ0n) is 9.63. The van der Waals surface area contributed by atoms with E-state index in [0.29, 0.717) is 0 Å². The Morgan fingerprint density at radius 2 is 1.56 bits per heavy atom. The second-order valence-electron chi connectivity index (χ2n) is 4.15. The summed E-state index contributed by atoms with van der Waals surface area (Å²) in [5.41, 5.74) is 0.816. The Bertz CT molecular complexity index is 321. The molecule has 2 rings (SSSR count). The summed E-state index contributed by atoms with van der Waals surface area (Å²) < 4.78 is 0. The molecule has 0 radical (unpaired) electrons. The van der Waals surface area contributed by atoms with Crippen LogP contribution in [0.25, 0.3) is 0 Å². The number of hydrogen-bond acceptors (Lipinski definition) is 0.